The summed E-state index contributed by atoms with van der Waals surface area (Å²) in [7, 11) is 0. The number of ether oxygens (including phenoxy) is 1. The molecule has 2 unspecified atom stereocenters. The van der Waals surface area contributed by atoms with E-state index in [1.165, 1.54) is 39.7 Å². The van der Waals surface area contributed by atoms with Gasteiger partial charge in [-0.3, -0.25) is 4.79 Å². The quantitative estimate of drug-likeness (QED) is 0.622. The predicted molar refractivity (Wildman–Crippen MR) is 123 cm³/mol. The van der Waals surface area contributed by atoms with Crippen LogP contribution < -0.4 is 0 Å². The van der Waals surface area contributed by atoms with Gasteiger partial charge in [0.25, 0.3) is 5.91 Å². The summed E-state index contributed by atoms with van der Waals surface area (Å²) in [5.41, 5.74) is 6.76. The van der Waals surface area contributed by atoms with Gasteiger partial charge >= 0.3 is 0 Å². The summed E-state index contributed by atoms with van der Waals surface area (Å²) in [6.07, 6.45) is 5.25. The molecule has 4 nitrogen and oxygen atoms in total. The van der Waals surface area contributed by atoms with Gasteiger partial charge in [-0.25, -0.2) is 0 Å². The zero-order valence-corrected chi connectivity index (χ0v) is 18.2. The largest absolute Gasteiger partial charge is 0.368 e. The summed E-state index contributed by atoms with van der Waals surface area (Å²) in [5, 5.41) is 1.26. The summed E-state index contributed by atoms with van der Waals surface area (Å²) in [6.45, 7) is 4.65. The molecule has 1 aromatic heterocycles. The third-order valence-corrected chi connectivity index (χ3v) is 7.87. The van der Waals surface area contributed by atoms with Crippen molar-refractivity contribution in [2.24, 2.45) is 5.41 Å². The van der Waals surface area contributed by atoms with E-state index in [4.69, 9.17) is 4.74 Å². The molecule has 3 heterocycles. The van der Waals surface area contributed by atoms with Crippen molar-refractivity contribution in [3.05, 3.63) is 59.7 Å². The van der Waals surface area contributed by atoms with Gasteiger partial charge in [0, 0.05) is 36.3 Å². The number of H-pyrrole nitrogens is 1. The van der Waals surface area contributed by atoms with Crippen molar-refractivity contribution in [1.82, 2.24) is 9.88 Å². The van der Waals surface area contributed by atoms with E-state index in [9.17, 15) is 4.79 Å². The van der Waals surface area contributed by atoms with Crippen molar-refractivity contribution in [3.8, 4) is 11.3 Å². The van der Waals surface area contributed by atoms with Crippen molar-refractivity contribution in [1.29, 1.82) is 0 Å². The molecule has 1 amide bonds. The molecule has 6 rings (SSSR count). The van der Waals surface area contributed by atoms with E-state index in [-0.39, 0.29) is 12.0 Å². The van der Waals surface area contributed by atoms with E-state index < -0.39 is 0 Å². The number of piperidine rings is 1. The van der Waals surface area contributed by atoms with E-state index in [1.54, 1.807) is 0 Å². The number of aromatic nitrogens is 1. The molecule has 0 bridgehead atoms. The number of carbonyl (C=O) groups is 1. The highest BCUT2D eigenvalue weighted by atomic mass is 16.5. The number of hydrogen-bond donors (Lipinski definition) is 1. The number of hydrogen-bond acceptors (Lipinski definition) is 2. The Bertz CT molecular complexity index is 1120. The zero-order chi connectivity index (χ0) is 21.0. The molecular weight excluding hydrogens is 384 g/mol. The Morgan fingerprint density at radius 3 is 2.65 bits per heavy atom. The van der Waals surface area contributed by atoms with Crippen molar-refractivity contribution in [3.63, 3.8) is 0 Å². The number of benzene rings is 2. The monoisotopic (exact) mass is 414 g/mol. The van der Waals surface area contributed by atoms with Crippen LogP contribution in [0.5, 0.6) is 0 Å². The summed E-state index contributed by atoms with van der Waals surface area (Å²) in [4.78, 5) is 18.3. The number of amides is 1. The number of aromatic amines is 1. The van der Waals surface area contributed by atoms with Gasteiger partial charge in [-0.1, -0.05) is 36.4 Å². The van der Waals surface area contributed by atoms with Crippen molar-refractivity contribution < 1.29 is 9.53 Å². The lowest BCUT2D eigenvalue weighted by Crippen LogP contribution is -2.44. The summed E-state index contributed by atoms with van der Waals surface area (Å²) in [6, 6.07) is 17.9. The molecule has 2 aliphatic heterocycles. The van der Waals surface area contributed by atoms with E-state index >= 15 is 0 Å². The first-order chi connectivity index (χ1) is 15.1. The number of aryl methyl sites for hydroxylation is 1. The minimum absolute atomic E-state index is 0.176. The number of nitrogens with zero attached hydrogens (tertiary/aromatic N) is 1. The van der Waals surface area contributed by atoms with Gasteiger partial charge < -0.3 is 14.6 Å². The molecule has 1 N–H and O–H groups in total. The molecule has 1 spiro atoms. The normalized spacial score (nSPS) is 24.7. The second kappa shape index (κ2) is 7.23. The fourth-order valence-electron chi connectivity index (χ4n) is 5.81. The fraction of sp³-hybridized carbons (Fsp3) is 0.444. The van der Waals surface area contributed by atoms with Gasteiger partial charge in [0.05, 0.1) is 0 Å². The maximum atomic E-state index is 12.6. The number of fused-ring (bicyclic) bond motifs is 1. The molecule has 31 heavy (non-hydrogen) atoms. The topological polar surface area (TPSA) is 45.3 Å². The Kier molecular flexibility index (Phi) is 4.46. The molecule has 2 aromatic carbocycles. The van der Waals surface area contributed by atoms with E-state index in [2.05, 4.69) is 65.3 Å². The van der Waals surface area contributed by atoms with Crippen molar-refractivity contribution >= 4 is 16.8 Å². The molecule has 3 fully saturated rings. The number of rotatable bonds is 3. The standard InChI is InChI=1S/C27H30N2O2/c1-18-4-5-21-16-24(28-23(21)15-18)20-8-6-19(7-9-20)22-17-27(22)10-12-29(13-11-27)26(30)25-3-2-14-31-25/h4-9,15-16,22,25,28H,2-3,10-14,17H2,1H3. The smallest absolute Gasteiger partial charge is 0.251 e. The molecule has 4 heteroatoms. The van der Waals surface area contributed by atoms with Crippen molar-refractivity contribution in [2.45, 2.75) is 51.0 Å². The lowest BCUT2D eigenvalue weighted by Gasteiger charge is -2.34. The highest BCUT2D eigenvalue weighted by Gasteiger charge is 2.55. The number of likely N-dealkylation sites (tertiary alicyclic amines) is 1. The summed E-state index contributed by atoms with van der Waals surface area (Å²) in [5.74, 6) is 0.870. The van der Waals surface area contributed by atoms with Crippen LogP contribution in [0.4, 0.5) is 0 Å². The summed E-state index contributed by atoms with van der Waals surface area (Å²) < 4.78 is 5.60. The van der Waals surface area contributed by atoms with Gasteiger partial charge in [-0.15, -0.1) is 0 Å². The van der Waals surface area contributed by atoms with Crippen LogP contribution in [0.2, 0.25) is 0 Å². The van der Waals surface area contributed by atoms with Crippen LogP contribution in [0.3, 0.4) is 0 Å². The van der Waals surface area contributed by atoms with Gasteiger partial charge in [0.2, 0.25) is 0 Å². The minimum Gasteiger partial charge on any atom is -0.368 e. The van der Waals surface area contributed by atoms with E-state index in [0.717, 1.165) is 45.4 Å². The SMILES string of the molecule is Cc1ccc2cc(-c3ccc(C4CC45CCN(C(=O)C4CCCO4)CC5)cc3)[nH]c2c1. The Balaban J connectivity index is 1.12. The second-order valence-corrected chi connectivity index (χ2v) is 9.84. The third kappa shape index (κ3) is 3.38. The molecule has 2 saturated heterocycles. The van der Waals surface area contributed by atoms with Crippen LogP contribution in [0, 0.1) is 12.3 Å². The molecule has 1 saturated carbocycles. The van der Waals surface area contributed by atoms with Gasteiger partial charge in [0.15, 0.2) is 0 Å². The maximum absolute atomic E-state index is 12.6. The van der Waals surface area contributed by atoms with Crippen LogP contribution >= 0.6 is 0 Å². The van der Waals surface area contributed by atoms with Crippen molar-refractivity contribution in [2.75, 3.05) is 19.7 Å². The first-order valence-corrected chi connectivity index (χ1v) is 11.7. The molecule has 160 valence electrons. The number of carbonyl (C=O) groups excluding carboxylic acids is 1. The van der Waals surface area contributed by atoms with Crippen LogP contribution in [0.25, 0.3) is 22.2 Å². The molecular formula is C27H30N2O2. The lowest BCUT2D eigenvalue weighted by atomic mass is 9.88. The Hall–Kier alpha value is -2.59. The van der Waals surface area contributed by atoms with Crippen LogP contribution in [-0.4, -0.2) is 41.6 Å². The van der Waals surface area contributed by atoms with Gasteiger partial charge in [-0.2, -0.15) is 0 Å². The molecule has 2 atom stereocenters. The van der Waals surface area contributed by atoms with E-state index in [1.807, 2.05) is 0 Å². The van der Waals surface area contributed by atoms with E-state index in [0.29, 0.717) is 11.3 Å². The Morgan fingerprint density at radius 2 is 1.90 bits per heavy atom. The Morgan fingerprint density at radius 1 is 1.10 bits per heavy atom. The first-order valence-electron chi connectivity index (χ1n) is 11.7. The van der Waals surface area contributed by atoms with Crippen LogP contribution in [-0.2, 0) is 9.53 Å². The average molecular weight is 415 g/mol. The first kappa shape index (κ1) is 19.1. The zero-order valence-electron chi connectivity index (χ0n) is 18.2. The number of nitrogens with one attached hydrogen (secondary N) is 1. The molecule has 0 radical (unpaired) electrons. The average Bonchev–Trinajstić information content (AvgIpc) is 3.16. The second-order valence-electron chi connectivity index (χ2n) is 9.84. The minimum atomic E-state index is -0.176. The molecule has 3 aromatic rings. The highest BCUT2D eigenvalue weighted by molar-refractivity contribution is 5.86. The third-order valence-electron chi connectivity index (χ3n) is 7.87. The fourth-order valence-corrected chi connectivity index (χ4v) is 5.81. The van der Waals surface area contributed by atoms with Gasteiger partial charge in [0.1, 0.15) is 6.10 Å². The summed E-state index contributed by atoms with van der Waals surface area (Å²) >= 11 is 0. The Labute approximate surface area is 183 Å². The molecule has 3 aliphatic rings. The van der Waals surface area contributed by atoms with Crippen LogP contribution in [0.15, 0.2) is 48.5 Å². The van der Waals surface area contributed by atoms with Gasteiger partial charge in [-0.05, 0) is 79.2 Å². The van der Waals surface area contributed by atoms with Crippen LogP contribution in [0.1, 0.15) is 49.1 Å². The lowest BCUT2D eigenvalue weighted by molar-refractivity contribution is -0.142. The highest BCUT2D eigenvalue weighted by Crippen LogP contribution is 2.65. The molecule has 1 aliphatic carbocycles. The maximum Gasteiger partial charge on any atom is 0.251 e. The predicted octanol–water partition coefficient (Wildman–Crippen LogP) is 5.42.